The number of rotatable bonds is 3. The van der Waals surface area contributed by atoms with Crippen molar-refractivity contribution >= 4 is 0 Å². The summed E-state index contributed by atoms with van der Waals surface area (Å²) in [4.78, 5) is 19.5. The van der Waals surface area contributed by atoms with Gasteiger partial charge in [-0.2, -0.15) is 0 Å². The van der Waals surface area contributed by atoms with Crippen LogP contribution in [0.25, 0.3) is 0 Å². The molecule has 76 valence electrons. The minimum Gasteiger partial charge on any atom is -0.258 e. The molecule has 5 nitrogen and oxygen atoms in total. The Kier molecular flexibility index (Phi) is 2.96. The molecule has 0 radical (unpaired) electrons. The van der Waals surface area contributed by atoms with Gasteiger partial charge in [-0.05, 0) is 0 Å². The third kappa shape index (κ3) is 2.13. The van der Waals surface area contributed by atoms with Crippen molar-refractivity contribution in [2.75, 3.05) is 0 Å². The predicted molar refractivity (Wildman–Crippen MR) is 35.4 cm³/mol. The van der Waals surface area contributed by atoms with Crippen LogP contribution in [0.1, 0.15) is 20.3 Å². The Morgan fingerprint density at radius 2 is 1.69 bits per heavy atom. The van der Waals surface area contributed by atoms with Crippen LogP contribution in [0.4, 0.5) is 13.2 Å². The van der Waals surface area contributed by atoms with Crippen molar-refractivity contribution in [3.05, 3.63) is 15.0 Å². The molecule has 0 heterocycles. The van der Waals surface area contributed by atoms with Gasteiger partial charge >= 0.3 is 12.0 Å². The molecular formula is C5H8F3N2O3+. The fourth-order valence-corrected chi connectivity index (χ4v) is 0.620. The minimum absolute atomic E-state index is 0.525. The summed E-state index contributed by atoms with van der Waals surface area (Å²) in [5.41, 5.74) is -2.64. The second-order valence-electron chi connectivity index (χ2n) is 2.59. The number of nitroso groups, excluding NO2 is 1. The highest BCUT2D eigenvalue weighted by atomic mass is 19.4. The van der Waals surface area contributed by atoms with Gasteiger partial charge in [-0.25, -0.2) is 0 Å². The molecule has 0 amide bonds. The summed E-state index contributed by atoms with van der Waals surface area (Å²) >= 11 is 0. The van der Waals surface area contributed by atoms with Crippen LogP contribution in [0.2, 0.25) is 0 Å². The second-order valence-corrected chi connectivity index (χ2v) is 2.59. The fraction of sp³-hybridized carbons (Fsp3) is 1.00. The highest BCUT2D eigenvalue weighted by molar-refractivity contribution is 4.55. The van der Waals surface area contributed by atoms with E-state index in [9.17, 15) is 28.2 Å². The Morgan fingerprint density at radius 3 is 1.77 bits per heavy atom. The molecule has 0 aliphatic heterocycles. The Labute approximate surface area is 71.3 Å². The van der Waals surface area contributed by atoms with E-state index in [1.165, 1.54) is 0 Å². The van der Waals surface area contributed by atoms with Crippen molar-refractivity contribution in [2.45, 2.75) is 32.2 Å². The molecule has 1 atom stereocenters. The largest absolute Gasteiger partial charge is 0.683 e. The van der Waals surface area contributed by atoms with Gasteiger partial charge in [0.2, 0.25) is 0 Å². The van der Waals surface area contributed by atoms with E-state index in [4.69, 9.17) is 0 Å². The lowest BCUT2D eigenvalue weighted by Gasteiger charge is -2.10. The Hall–Kier alpha value is -1.21. The topological polar surface area (TPSA) is 63.2 Å². The van der Waals surface area contributed by atoms with Gasteiger partial charge in [0, 0.05) is 4.91 Å². The molecule has 0 aliphatic carbocycles. The Morgan fingerprint density at radius 1 is 1.31 bits per heavy atom. The van der Waals surface area contributed by atoms with E-state index in [-0.39, 0.29) is 0 Å². The van der Waals surface area contributed by atoms with Crippen LogP contribution >= 0.6 is 0 Å². The molecule has 0 bridgehead atoms. The molecule has 0 aliphatic rings. The van der Waals surface area contributed by atoms with Crippen molar-refractivity contribution in [3.8, 4) is 0 Å². The molecule has 0 saturated heterocycles. The molecule has 13 heavy (non-hydrogen) atoms. The molecule has 0 fully saturated rings. The van der Waals surface area contributed by atoms with E-state index in [1.807, 2.05) is 0 Å². The third-order valence-electron chi connectivity index (χ3n) is 1.73. The maximum atomic E-state index is 11.8. The Bertz CT molecular complexity index is 240. The van der Waals surface area contributed by atoms with Crippen molar-refractivity contribution in [2.24, 2.45) is 0 Å². The molecular weight excluding hydrogens is 193 g/mol. The van der Waals surface area contributed by atoms with E-state index in [0.29, 0.717) is 6.92 Å². The summed E-state index contributed by atoms with van der Waals surface area (Å²) in [6.45, 7) is 1.77. The molecule has 0 spiro atoms. The van der Waals surface area contributed by atoms with Crippen LogP contribution in [0, 0.1) is 15.0 Å². The first-order valence-corrected chi connectivity index (χ1v) is 3.35. The summed E-state index contributed by atoms with van der Waals surface area (Å²) < 4.78 is 34.0. The maximum absolute atomic E-state index is 11.8. The third-order valence-corrected chi connectivity index (χ3v) is 1.73. The second kappa shape index (κ2) is 3.27. The summed E-state index contributed by atoms with van der Waals surface area (Å²) in [6.07, 6.45) is -5.76. The molecule has 1 unspecified atom stereocenters. The van der Waals surface area contributed by atoms with Crippen LogP contribution in [-0.4, -0.2) is 21.6 Å². The zero-order chi connectivity index (χ0) is 10.9. The fourth-order valence-electron chi connectivity index (χ4n) is 0.620. The highest BCUT2D eigenvalue weighted by Gasteiger charge is 2.66. The number of nitrogens with zero attached hydrogens (tertiary/aromatic N) is 2. The monoisotopic (exact) mass is 201 g/mol. The number of nitro groups is 1. The van der Waals surface area contributed by atoms with Gasteiger partial charge in [-0.3, -0.25) is 10.1 Å². The normalized spacial score (nSPS) is 16.4. The summed E-state index contributed by atoms with van der Waals surface area (Å²) in [5.74, 6) is 0. The number of halogens is 3. The van der Waals surface area contributed by atoms with E-state index < -0.39 is 28.1 Å². The summed E-state index contributed by atoms with van der Waals surface area (Å²) in [6, 6.07) is 0. The first kappa shape index (κ1) is 11.8. The van der Waals surface area contributed by atoms with Gasteiger partial charge in [0.15, 0.2) is 4.76 Å². The Balaban J connectivity index is 5.01. The van der Waals surface area contributed by atoms with E-state index in [2.05, 4.69) is 0 Å². The number of alkyl halides is 3. The van der Waals surface area contributed by atoms with Crippen molar-refractivity contribution in [1.29, 1.82) is 0 Å². The number of hydrogen-bond donors (Lipinski definition) is 0. The van der Waals surface area contributed by atoms with Gasteiger partial charge in [-0.15, -0.1) is 13.2 Å². The quantitative estimate of drug-likeness (QED) is 0.229. The molecule has 8 heteroatoms. The molecule has 0 N–H and O–H groups in total. The average Bonchev–Trinajstić information content (AvgIpc) is 1.99. The smallest absolute Gasteiger partial charge is 0.258 e. The average molecular weight is 201 g/mol. The molecule has 0 aromatic heterocycles. The van der Waals surface area contributed by atoms with Gasteiger partial charge in [0.05, 0.1) is 18.3 Å². The van der Waals surface area contributed by atoms with Gasteiger partial charge in [-0.1, -0.05) is 6.92 Å². The van der Waals surface area contributed by atoms with Gasteiger partial charge < -0.3 is 0 Å². The molecule has 0 aromatic carbocycles. The van der Waals surface area contributed by atoms with Crippen LogP contribution in [0.3, 0.4) is 0 Å². The first-order chi connectivity index (χ1) is 5.66. The van der Waals surface area contributed by atoms with Gasteiger partial charge in [0.25, 0.3) is 0 Å². The maximum Gasteiger partial charge on any atom is 0.683 e. The number of hydrogen-bond acceptors (Lipinski definition) is 3. The lowest BCUT2D eigenvalue weighted by atomic mass is 10.1. The highest BCUT2D eigenvalue weighted by Crippen LogP contribution is 2.26. The van der Waals surface area contributed by atoms with Crippen molar-refractivity contribution in [3.63, 3.8) is 0 Å². The van der Waals surface area contributed by atoms with E-state index in [1.54, 1.807) is 0 Å². The molecule has 0 saturated carbocycles. The zero-order valence-electron chi connectivity index (χ0n) is 6.96. The predicted octanol–water partition coefficient (Wildman–Crippen LogP) is 1.69. The van der Waals surface area contributed by atoms with Crippen LogP contribution < -0.4 is 0 Å². The summed E-state index contributed by atoms with van der Waals surface area (Å²) in [5, 5.41) is 10.2. The lowest BCUT2D eigenvalue weighted by Crippen LogP contribution is -2.50. The SMILES string of the molecule is CCC(C)([N+](=O)[O-])[N+](=O)C(F)(F)F. The van der Waals surface area contributed by atoms with Crippen molar-refractivity contribution < 1.29 is 22.9 Å². The zero-order valence-corrected chi connectivity index (χ0v) is 6.96. The van der Waals surface area contributed by atoms with Gasteiger partial charge in [0.1, 0.15) is 0 Å². The molecule has 0 aromatic rings. The molecule has 0 rings (SSSR count). The van der Waals surface area contributed by atoms with Crippen LogP contribution in [-0.2, 0) is 0 Å². The minimum atomic E-state index is -5.24. The van der Waals surface area contributed by atoms with Crippen LogP contribution in [0.5, 0.6) is 0 Å². The first-order valence-electron chi connectivity index (χ1n) is 3.35. The van der Waals surface area contributed by atoms with Crippen molar-refractivity contribution in [1.82, 2.24) is 0 Å². The van der Waals surface area contributed by atoms with Crippen LogP contribution in [0.15, 0.2) is 0 Å². The summed E-state index contributed by atoms with van der Waals surface area (Å²) in [7, 11) is 0. The standard InChI is InChI=1S/C5H8F3N2O3/c1-3-4(2,10(12)13)9(11)5(6,7)8/h3H2,1-2H3/q+1. The van der Waals surface area contributed by atoms with E-state index in [0.717, 1.165) is 6.92 Å². The van der Waals surface area contributed by atoms with E-state index >= 15 is 0 Å². The lowest BCUT2D eigenvalue weighted by molar-refractivity contribution is -0.893.